The average Bonchev–Trinajstić information content (AvgIpc) is 3.49. The molecule has 1 aromatic rings. The second-order valence-corrected chi connectivity index (χ2v) is 12.5. The average molecular weight is 621 g/mol. The Morgan fingerprint density at radius 2 is 1.91 bits per heavy atom. The summed E-state index contributed by atoms with van der Waals surface area (Å²) in [5.41, 5.74) is 0.398. The summed E-state index contributed by atoms with van der Waals surface area (Å²) in [6.45, 7) is 7.29. The van der Waals surface area contributed by atoms with Gasteiger partial charge in [-0.15, -0.1) is 11.8 Å². The standard InChI is InChI=1S/C28H36N4O10S/c1-13(2)21(30-28(38)42-12-16-5-7-17(8-6-16)32(39)40)25(34)29-11-18-19(9-10-41-18)43-24-14(3)22-20(15(4)33)26(35)31(22)23(24)27(36)37/h5-8,13-15,18-22,33H,9-12H2,1-4H3,(H,29,34)(H,30,38)(H,36,37)/t14-,15-,18-,19-,20-,21+,22-/m1/s1. The monoisotopic (exact) mass is 620 g/mol. The highest BCUT2D eigenvalue weighted by molar-refractivity contribution is 8.03. The Hall–Kier alpha value is -3.69. The van der Waals surface area contributed by atoms with Crippen LogP contribution in [0.25, 0.3) is 0 Å². The molecule has 3 heterocycles. The van der Waals surface area contributed by atoms with Crippen molar-refractivity contribution in [2.24, 2.45) is 17.8 Å². The molecule has 15 heteroatoms. The van der Waals surface area contributed by atoms with E-state index in [1.54, 1.807) is 13.8 Å². The quantitative estimate of drug-likeness (QED) is 0.151. The zero-order chi connectivity index (χ0) is 31.6. The van der Waals surface area contributed by atoms with Gasteiger partial charge < -0.3 is 35.2 Å². The van der Waals surface area contributed by atoms with E-state index in [1.165, 1.54) is 47.9 Å². The summed E-state index contributed by atoms with van der Waals surface area (Å²) >= 11 is 1.33. The van der Waals surface area contributed by atoms with Gasteiger partial charge in [-0.25, -0.2) is 9.59 Å². The summed E-state index contributed by atoms with van der Waals surface area (Å²) in [7, 11) is 0. The number of ether oxygens (including phenoxy) is 2. The number of nitro groups is 1. The first-order valence-corrected chi connectivity index (χ1v) is 14.9. The second-order valence-electron chi connectivity index (χ2n) is 11.2. The molecule has 0 radical (unpaired) electrons. The van der Waals surface area contributed by atoms with Crippen LogP contribution in [0.3, 0.4) is 0 Å². The SMILES string of the molecule is CC(C)[C@H](NC(=O)OCc1ccc([N+](=O)[O-])cc1)C(=O)NC[C@H]1OCC[C@H]1SC1=C(C(=O)O)N2C(=O)[C@H]([C@@H](C)O)[C@H]2[C@H]1C. The molecule has 0 unspecified atom stereocenters. The van der Waals surface area contributed by atoms with Crippen molar-refractivity contribution < 1.29 is 43.8 Å². The number of nitro benzene ring substituents is 1. The fourth-order valence-corrected chi connectivity index (χ4v) is 7.19. The van der Waals surface area contributed by atoms with E-state index in [9.17, 15) is 39.5 Å². The first kappa shape index (κ1) is 32.2. The molecule has 0 aromatic heterocycles. The molecule has 0 bridgehead atoms. The number of aliphatic hydroxyl groups excluding tert-OH is 1. The number of amides is 3. The lowest BCUT2D eigenvalue weighted by Crippen LogP contribution is -2.63. The highest BCUT2D eigenvalue weighted by Crippen LogP contribution is 2.52. The van der Waals surface area contributed by atoms with Gasteiger partial charge in [0.2, 0.25) is 11.8 Å². The zero-order valence-electron chi connectivity index (χ0n) is 24.2. The maximum absolute atomic E-state index is 13.1. The van der Waals surface area contributed by atoms with Crippen LogP contribution in [-0.2, 0) is 30.5 Å². The molecule has 3 aliphatic heterocycles. The van der Waals surface area contributed by atoms with Gasteiger partial charge in [-0.3, -0.25) is 19.7 Å². The molecule has 0 spiro atoms. The molecule has 43 heavy (non-hydrogen) atoms. The highest BCUT2D eigenvalue weighted by Gasteiger charge is 2.60. The number of non-ortho nitro benzene ring substituents is 1. The number of carboxylic acids is 1. The summed E-state index contributed by atoms with van der Waals surface area (Å²) < 4.78 is 11.1. The number of rotatable bonds is 12. The third-order valence-electron chi connectivity index (χ3n) is 7.96. The normalized spacial score (nSPS) is 26.0. The number of nitrogens with one attached hydrogen (secondary N) is 2. The molecule has 4 rings (SSSR count). The van der Waals surface area contributed by atoms with Gasteiger partial charge >= 0.3 is 12.1 Å². The predicted octanol–water partition coefficient (Wildman–Crippen LogP) is 2.01. The van der Waals surface area contributed by atoms with Crippen LogP contribution in [0.5, 0.6) is 0 Å². The van der Waals surface area contributed by atoms with Gasteiger partial charge in [-0.05, 0) is 37.0 Å². The van der Waals surface area contributed by atoms with E-state index in [0.29, 0.717) is 23.5 Å². The number of β-lactam (4-membered cyclic amide) rings is 1. The molecule has 3 amide bonds. The number of carbonyl (C=O) groups is 4. The number of aliphatic carboxylic acids is 1. The van der Waals surface area contributed by atoms with E-state index in [1.807, 2.05) is 6.92 Å². The minimum absolute atomic E-state index is 0.0598. The van der Waals surface area contributed by atoms with Gasteiger partial charge in [-0.2, -0.15) is 0 Å². The first-order chi connectivity index (χ1) is 20.3. The summed E-state index contributed by atoms with van der Waals surface area (Å²) in [6, 6.07) is 4.22. The van der Waals surface area contributed by atoms with E-state index in [0.717, 1.165) is 0 Å². The third kappa shape index (κ3) is 6.78. The van der Waals surface area contributed by atoms with E-state index < -0.39 is 59.0 Å². The van der Waals surface area contributed by atoms with Gasteiger partial charge in [0, 0.05) is 41.4 Å². The van der Waals surface area contributed by atoms with Crippen molar-refractivity contribution in [3.05, 3.63) is 50.5 Å². The maximum atomic E-state index is 13.1. The molecule has 14 nitrogen and oxygen atoms in total. The molecule has 234 valence electrons. The lowest BCUT2D eigenvalue weighted by Gasteiger charge is -2.46. The van der Waals surface area contributed by atoms with Crippen LogP contribution in [-0.4, -0.2) is 86.6 Å². The second kappa shape index (κ2) is 13.3. The van der Waals surface area contributed by atoms with E-state index in [-0.39, 0.29) is 41.6 Å². The van der Waals surface area contributed by atoms with E-state index >= 15 is 0 Å². The van der Waals surface area contributed by atoms with Crippen LogP contribution < -0.4 is 10.6 Å². The lowest BCUT2D eigenvalue weighted by molar-refractivity contribution is -0.384. The zero-order valence-corrected chi connectivity index (χ0v) is 25.0. The summed E-state index contributed by atoms with van der Waals surface area (Å²) in [6.07, 6.45) is -1.55. The Bertz CT molecular complexity index is 1300. The molecule has 2 saturated heterocycles. The number of fused-ring (bicyclic) bond motifs is 1. The molecule has 0 saturated carbocycles. The predicted molar refractivity (Wildman–Crippen MR) is 153 cm³/mol. The number of carboxylic acid groups (broad SMARTS) is 1. The molecule has 1 aromatic carbocycles. The van der Waals surface area contributed by atoms with Crippen molar-refractivity contribution in [1.82, 2.24) is 15.5 Å². The fraction of sp³-hybridized carbons (Fsp3) is 0.571. The molecule has 0 aliphatic carbocycles. The minimum atomic E-state index is -1.20. The van der Waals surface area contributed by atoms with Crippen LogP contribution in [0.15, 0.2) is 34.9 Å². The number of carbonyl (C=O) groups excluding carboxylic acids is 3. The smallest absolute Gasteiger partial charge is 0.408 e. The maximum Gasteiger partial charge on any atom is 0.408 e. The Kier molecular flexibility index (Phi) is 9.97. The summed E-state index contributed by atoms with van der Waals surface area (Å²) in [4.78, 5) is 62.4. The number of thioether (sulfide) groups is 1. The van der Waals surface area contributed by atoms with Crippen LogP contribution in [0.1, 0.15) is 39.7 Å². The molecule has 2 fully saturated rings. The van der Waals surface area contributed by atoms with Gasteiger partial charge in [-0.1, -0.05) is 20.8 Å². The van der Waals surface area contributed by atoms with Crippen molar-refractivity contribution in [3.8, 4) is 0 Å². The first-order valence-electron chi connectivity index (χ1n) is 14.0. The molecule has 4 N–H and O–H groups in total. The largest absolute Gasteiger partial charge is 0.477 e. The van der Waals surface area contributed by atoms with Gasteiger partial charge in [0.1, 0.15) is 18.3 Å². The molecular weight excluding hydrogens is 584 g/mol. The van der Waals surface area contributed by atoms with Crippen LogP contribution in [0.2, 0.25) is 0 Å². The fourth-order valence-electron chi connectivity index (χ4n) is 5.67. The third-order valence-corrected chi connectivity index (χ3v) is 9.62. The topological polar surface area (TPSA) is 198 Å². The number of alkyl carbamates (subject to hydrolysis) is 1. The number of benzene rings is 1. The van der Waals surface area contributed by atoms with Crippen molar-refractivity contribution >= 4 is 41.3 Å². The number of hydrogen-bond donors (Lipinski definition) is 4. The van der Waals surface area contributed by atoms with E-state index in [2.05, 4.69) is 10.6 Å². The molecular formula is C28H36N4O10S. The summed E-state index contributed by atoms with van der Waals surface area (Å²) in [5, 5.41) is 36.0. The number of nitrogens with zero attached hydrogens (tertiary/aromatic N) is 2. The Morgan fingerprint density at radius 3 is 2.49 bits per heavy atom. The Balaban J connectivity index is 1.33. The van der Waals surface area contributed by atoms with Crippen molar-refractivity contribution in [1.29, 1.82) is 0 Å². The lowest BCUT2D eigenvalue weighted by atomic mass is 9.79. The summed E-state index contributed by atoms with van der Waals surface area (Å²) in [5.74, 6) is -3.27. The Labute approximate surface area is 252 Å². The van der Waals surface area contributed by atoms with Gasteiger partial charge in [0.15, 0.2) is 0 Å². The van der Waals surface area contributed by atoms with Crippen molar-refractivity contribution in [2.75, 3.05) is 13.2 Å². The number of aliphatic hydroxyl groups is 1. The van der Waals surface area contributed by atoms with Gasteiger partial charge in [0.25, 0.3) is 5.69 Å². The van der Waals surface area contributed by atoms with Crippen molar-refractivity contribution in [3.63, 3.8) is 0 Å². The molecule has 7 atom stereocenters. The minimum Gasteiger partial charge on any atom is -0.477 e. The van der Waals surface area contributed by atoms with Crippen LogP contribution >= 0.6 is 11.8 Å². The highest BCUT2D eigenvalue weighted by atomic mass is 32.2. The van der Waals surface area contributed by atoms with Gasteiger partial charge in [0.05, 0.1) is 29.1 Å². The van der Waals surface area contributed by atoms with Crippen LogP contribution in [0, 0.1) is 27.9 Å². The van der Waals surface area contributed by atoms with E-state index in [4.69, 9.17) is 9.47 Å². The molecule has 3 aliphatic rings. The Morgan fingerprint density at radius 1 is 1.23 bits per heavy atom. The number of hydrogen-bond acceptors (Lipinski definition) is 10. The van der Waals surface area contributed by atoms with Crippen molar-refractivity contribution in [2.45, 2.75) is 70.3 Å². The van der Waals surface area contributed by atoms with Crippen LogP contribution in [0.4, 0.5) is 10.5 Å².